The van der Waals surface area contributed by atoms with Gasteiger partial charge in [0.1, 0.15) is 5.82 Å². The Morgan fingerprint density at radius 3 is 2.65 bits per heavy atom. The normalized spacial score (nSPS) is 24.1. The average Bonchev–Trinajstić information content (AvgIpc) is 3.09. The minimum Gasteiger partial charge on any atom is -0.399 e. The molecule has 0 amide bonds. The minimum atomic E-state index is -3.71. The Morgan fingerprint density at radius 1 is 1.25 bits per heavy atom. The van der Waals surface area contributed by atoms with Gasteiger partial charge in [-0.05, 0) is 37.5 Å². The molecule has 1 saturated heterocycles. The van der Waals surface area contributed by atoms with E-state index >= 15 is 0 Å². The van der Waals surface area contributed by atoms with E-state index in [0.29, 0.717) is 6.04 Å². The third-order valence-electron chi connectivity index (χ3n) is 3.81. The van der Waals surface area contributed by atoms with Gasteiger partial charge in [-0.1, -0.05) is 0 Å². The van der Waals surface area contributed by atoms with Crippen molar-refractivity contribution in [3.05, 3.63) is 24.0 Å². The van der Waals surface area contributed by atoms with E-state index in [2.05, 4.69) is 9.62 Å². The van der Waals surface area contributed by atoms with Crippen molar-refractivity contribution in [1.82, 2.24) is 9.62 Å². The maximum atomic E-state index is 13.3. The van der Waals surface area contributed by atoms with Crippen molar-refractivity contribution in [1.29, 1.82) is 0 Å². The van der Waals surface area contributed by atoms with Crippen molar-refractivity contribution in [3.8, 4) is 0 Å². The highest BCUT2D eigenvalue weighted by Crippen LogP contribution is 2.30. The zero-order valence-corrected chi connectivity index (χ0v) is 11.9. The molecule has 2 aliphatic rings. The SMILES string of the molecule is Nc1cc(F)cc(S(=O)(=O)NC2CCN(C3CC3)C2)c1. The number of anilines is 1. The quantitative estimate of drug-likeness (QED) is 0.811. The largest absolute Gasteiger partial charge is 0.399 e. The molecule has 7 heteroatoms. The lowest BCUT2D eigenvalue weighted by molar-refractivity contribution is 0.322. The van der Waals surface area contributed by atoms with Crippen molar-refractivity contribution in [3.63, 3.8) is 0 Å². The number of likely N-dealkylation sites (tertiary alicyclic amines) is 1. The van der Waals surface area contributed by atoms with Crippen molar-refractivity contribution in [2.45, 2.75) is 36.2 Å². The van der Waals surface area contributed by atoms with E-state index in [1.165, 1.54) is 18.9 Å². The fraction of sp³-hybridized carbons (Fsp3) is 0.538. The van der Waals surface area contributed by atoms with Crippen molar-refractivity contribution in [2.24, 2.45) is 0 Å². The number of nitrogens with one attached hydrogen (secondary N) is 1. The van der Waals surface area contributed by atoms with E-state index < -0.39 is 15.8 Å². The number of benzene rings is 1. The molecular weight excluding hydrogens is 281 g/mol. The van der Waals surface area contributed by atoms with E-state index in [1.807, 2.05) is 0 Å². The first-order valence-electron chi connectivity index (χ1n) is 6.76. The molecule has 1 aromatic rings. The summed E-state index contributed by atoms with van der Waals surface area (Å²) >= 11 is 0. The molecule has 5 nitrogen and oxygen atoms in total. The molecule has 20 heavy (non-hydrogen) atoms. The van der Waals surface area contributed by atoms with Crippen LogP contribution in [0.15, 0.2) is 23.1 Å². The van der Waals surface area contributed by atoms with Crippen LogP contribution in [0, 0.1) is 5.82 Å². The molecule has 1 heterocycles. The Labute approximate surface area is 118 Å². The van der Waals surface area contributed by atoms with Crippen LogP contribution >= 0.6 is 0 Å². The highest BCUT2D eigenvalue weighted by atomic mass is 32.2. The molecule has 1 aliphatic carbocycles. The average molecular weight is 299 g/mol. The standard InChI is InChI=1S/C13H18FN3O2S/c14-9-5-10(15)7-13(6-9)20(18,19)16-11-3-4-17(8-11)12-1-2-12/h5-7,11-12,16H,1-4,8,15H2. The number of sulfonamides is 1. The lowest BCUT2D eigenvalue weighted by Gasteiger charge is -2.16. The van der Waals surface area contributed by atoms with Crippen LogP contribution in [0.3, 0.4) is 0 Å². The van der Waals surface area contributed by atoms with E-state index in [0.717, 1.165) is 31.6 Å². The number of nitrogens with zero attached hydrogens (tertiary/aromatic N) is 1. The molecule has 0 spiro atoms. The minimum absolute atomic E-state index is 0.106. The summed E-state index contributed by atoms with van der Waals surface area (Å²) < 4.78 is 40.4. The first-order valence-corrected chi connectivity index (χ1v) is 8.25. The predicted octanol–water partition coefficient (Wildman–Crippen LogP) is 0.923. The van der Waals surface area contributed by atoms with E-state index in [9.17, 15) is 12.8 Å². The molecule has 1 atom stereocenters. The van der Waals surface area contributed by atoms with Gasteiger partial charge in [0, 0.05) is 30.9 Å². The van der Waals surface area contributed by atoms with E-state index in [1.54, 1.807) is 0 Å². The number of hydrogen-bond donors (Lipinski definition) is 2. The second-order valence-corrected chi connectivity index (χ2v) is 7.27. The summed E-state index contributed by atoms with van der Waals surface area (Å²) in [6.07, 6.45) is 3.21. The summed E-state index contributed by atoms with van der Waals surface area (Å²) in [4.78, 5) is 2.20. The van der Waals surface area contributed by atoms with Crippen LogP contribution in [0.2, 0.25) is 0 Å². The molecule has 0 bridgehead atoms. The van der Waals surface area contributed by atoms with Gasteiger partial charge in [0.05, 0.1) is 4.90 Å². The van der Waals surface area contributed by atoms with Gasteiger partial charge in [0.2, 0.25) is 10.0 Å². The summed E-state index contributed by atoms with van der Waals surface area (Å²) in [7, 11) is -3.71. The summed E-state index contributed by atoms with van der Waals surface area (Å²) in [6, 6.07) is 3.90. The second kappa shape index (κ2) is 4.98. The molecule has 1 unspecified atom stereocenters. The maximum Gasteiger partial charge on any atom is 0.241 e. The predicted molar refractivity (Wildman–Crippen MR) is 74.1 cm³/mol. The van der Waals surface area contributed by atoms with Crippen LogP contribution in [0.4, 0.5) is 10.1 Å². The monoisotopic (exact) mass is 299 g/mol. The van der Waals surface area contributed by atoms with Crippen LogP contribution in [-0.4, -0.2) is 38.5 Å². The zero-order valence-electron chi connectivity index (χ0n) is 11.0. The number of nitrogen functional groups attached to an aromatic ring is 1. The zero-order chi connectivity index (χ0) is 14.3. The third kappa shape index (κ3) is 2.94. The van der Waals surface area contributed by atoms with Crippen LogP contribution in [0.5, 0.6) is 0 Å². The highest BCUT2D eigenvalue weighted by Gasteiger charge is 2.35. The van der Waals surface area contributed by atoms with Gasteiger partial charge in [-0.3, -0.25) is 4.90 Å². The van der Waals surface area contributed by atoms with Gasteiger partial charge >= 0.3 is 0 Å². The number of halogens is 1. The molecule has 1 saturated carbocycles. The molecule has 2 fully saturated rings. The lowest BCUT2D eigenvalue weighted by atomic mass is 10.3. The highest BCUT2D eigenvalue weighted by molar-refractivity contribution is 7.89. The van der Waals surface area contributed by atoms with Gasteiger partial charge in [-0.15, -0.1) is 0 Å². The molecule has 1 aliphatic heterocycles. The third-order valence-corrected chi connectivity index (χ3v) is 5.31. The Morgan fingerprint density at radius 2 is 2.00 bits per heavy atom. The van der Waals surface area contributed by atoms with E-state index in [-0.39, 0.29) is 16.6 Å². The lowest BCUT2D eigenvalue weighted by Crippen LogP contribution is -2.37. The van der Waals surface area contributed by atoms with Gasteiger partial charge < -0.3 is 5.73 Å². The Bertz CT molecular complexity index is 596. The summed E-state index contributed by atoms with van der Waals surface area (Å²) in [5.74, 6) is -0.642. The molecule has 0 radical (unpaired) electrons. The first kappa shape index (κ1) is 13.8. The van der Waals surface area contributed by atoms with E-state index in [4.69, 9.17) is 5.73 Å². The van der Waals surface area contributed by atoms with Crippen LogP contribution in [0.25, 0.3) is 0 Å². The second-order valence-electron chi connectivity index (χ2n) is 5.55. The molecule has 3 rings (SSSR count). The fourth-order valence-electron chi connectivity index (χ4n) is 2.68. The maximum absolute atomic E-state index is 13.3. The number of hydrogen-bond acceptors (Lipinski definition) is 4. The van der Waals surface area contributed by atoms with Gasteiger partial charge in [-0.2, -0.15) is 0 Å². The van der Waals surface area contributed by atoms with Gasteiger partial charge in [0.15, 0.2) is 0 Å². The molecular formula is C13H18FN3O2S. The summed E-state index contributed by atoms with van der Waals surface area (Å²) in [5.41, 5.74) is 5.60. The van der Waals surface area contributed by atoms with Crippen molar-refractivity contribution < 1.29 is 12.8 Å². The van der Waals surface area contributed by atoms with Gasteiger partial charge in [0.25, 0.3) is 0 Å². The Kier molecular flexibility index (Phi) is 3.43. The van der Waals surface area contributed by atoms with Crippen LogP contribution < -0.4 is 10.5 Å². The molecule has 1 aromatic carbocycles. The smallest absolute Gasteiger partial charge is 0.241 e. The Balaban J connectivity index is 1.72. The van der Waals surface area contributed by atoms with Crippen molar-refractivity contribution in [2.75, 3.05) is 18.8 Å². The van der Waals surface area contributed by atoms with Crippen molar-refractivity contribution >= 4 is 15.7 Å². The topological polar surface area (TPSA) is 75.4 Å². The summed E-state index contributed by atoms with van der Waals surface area (Å²) in [5, 5.41) is 0. The first-order chi connectivity index (χ1) is 9.44. The molecule has 0 aromatic heterocycles. The fourth-order valence-corrected chi connectivity index (χ4v) is 4.01. The van der Waals surface area contributed by atoms with Crippen LogP contribution in [0.1, 0.15) is 19.3 Å². The number of rotatable bonds is 4. The number of nitrogens with two attached hydrogens (primary N) is 1. The van der Waals surface area contributed by atoms with Crippen LogP contribution in [-0.2, 0) is 10.0 Å². The molecule has 110 valence electrons. The van der Waals surface area contributed by atoms with Gasteiger partial charge in [-0.25, -0.2) is 17.5 Å². The molecule has 3 N–H and O–H groups in total. The Hall–Kier alpha value is -1.18. The summed E-state index contributed by atoms with van der Waals surface area (Å²) in [6.45, 7) is 1.65.